The number of fused-ring (bicyclic) bond motifs is 5. The number of benzene rings is 6. The van der Waals surface area contributed by atoms with Crippen LogP contribution in [-0.2, 0) is 5.41 Å². The third-order valence-corrected chi connectivity index (χ3v) is 8.31. The molecule has 0 radical (unpaired) electrons. The second-order valence-corrected chi connectivity index (χ2v) is 10.9. The molecule has 0 fully saturated rings. The van der Waals surface area contributed by atoms with Crippen molar-refractivity contribution in [1.82, 2.24) is 0 Å². The van der Waals surface area contributed by atoms with Crippen molar-refractivity contribution < 1.29 is 0 Å². The summed E-state index contributed by atoms with van der Waals surface area (Å²) in [6, 6.07) is 44.4. The maximum atomic E-state index is 9.68. The van der Waals surface area contributed by atoms with E-state index in [4.69, 9.17) is 0 Å². The van der Waals surface area contributed by atoms with Gasteiger partial charge in [-0.2, -0.15) is 10.5 Å². The molecular formula is C37H25N3. The number of nitrogens with zero attached hydrogens (tertiary/aromatic N) is 3. The van der Waals surface area contributed by atoms with Gasteiger partial charge >= 0.3 is 0 Å². The van der Waals surface area contributed by atoms with Gasteiger partial charge in [0.15, 0.2) is 0 Å². The first-order chi connectivity index (χ1) is 19.5. The Balaban J connectivity index is 1.39. The van der Waals surface area contributed by atoms with Crippen molar-refractivity contribution in [2.24, 2.45) is 0 Å². The molecule has 1 heterocycles. The molecule has 0 atom stereocenters. The summed E-state index contributed by atoms with van der Waals surface area (Å²) >= 11 is 0. The molecule has 0 saturated carbocycles. The van der Waals surface area contributed by atoms with E-state index in [0.717, 1.165) is 27.4 Å². The first-order valence-corrected chi connectivity index (χ1v) is 13.4. The lowest BCUT2D eigenvalue weighted by atomic mass is 9.73. The predicted molar refractivity (Wildman–Crippen MR) is 163 cm³/mol. The fraction of sp³-hybridized carbons (Fsp3) is 0.0811. The van der Waals surface area contributed by atoms with E-state index in [-0.39, 0.29) is 5.41 Å². The van der Waals surface area contributed by atoms with E-state index in [2.05, 4.69) is 122 Å². The van der Waals surface area contributed by atoms with Gasteiger partial charge in [0.25, 0.3) is 0 Å². The van der Waals surface area contributed by atoms with E-state index in [9.17, 15) is 10.5 Å². The van der Waals surface area contributed by atoms with Crippen molar-refractivity contribution in [1.29, 1.82) is 10.5 Å². The zero-order valence-corrected chi connectivity index (χ0v) is 22.3. The number of hydrogen-bond acceptors (Lipinski definition) is 3. The van der Waals surface area contributed by atoms with Crippen molar-refractivity contribution in [2.45, 2.75) is 19.3 Å². The van der Waals surface area contributed by atoms with Crippen LogP contribution < -0.4 is 4.90 Å². The molecule has 0 bridgehead atoms. The minimum absolute atomic E-state index is 0.0932. The Morgan fingerprint density at radius 2 is 1.12 bits per heavy atom. The summed E-state index contributed by atoms with van der Waals surface area (Å²) < 4.78 is 0. The minimum Gasteiger partial charge on any atom is -0.310 e. The van der Waals surface area contributed by atoms with E-state index >= 15 is 0 Å². The maximum absolute atomic E-state index is 9.68. The van der Waals surface area contributed by atoms with Crippen LogP contribution in [0.15, 0.2) is 115 Å². The maximum Gasteiger partial charge on any atom is 0.0998 e. The molecule has 6 aromatic carbocycles. The van der Waals surface area contributed by atoms with Crippen LogP contribution in [0.1, 0.15) is 36.1 Å². The number of rotatable bonds is 2. The van der Waals surface area contributed by atoms with Crippen molar-refractivity contribution in [3.63, 3.8) is 0 Å². The zero-order valence-electron chi connectivity index (χ0n) is 22.3. The Bertz CT molecular complexity index is 1990. The van der Waals surface area contributed by atoms with Crippen LogP contribution in [0.25, 0.3) is 32.7 Å². The lowest BCUT2D eigenvalue weighted by molar-refractivity contribution is 0.632. The predicted octanol–water partition coefficient (Wildman–Crippen LogP) is 9.51. The third kappa shape index (κ3) is 3.42. The summed E-state index contributed by atoms with van der Waals surface area (Å²) in [6.45, 7) is 4.61. The molecule has 1 aliphatic heterocycles. The highest BCUT2D eigenvalue weighted by Crippen LogP contribution is 2.52. The number of nitriles is 2. The monoisotopic (exact) mass is 511 g/mol. The summed E-state index contributed by atoms with van der Waals surface area (Å²) in [4.78, 5) is 2.38. The molecule has 0 aromatic heterocycles. The van der Waals surface area contributed by atoms with Crippen LogP contribution in [0.2, 0.25) is 0 Å². The highest BCUT2D eigenvalue weighted by atomic mass is 15.2. The number of anilines is 3. The van der Waals surface area contributed by atoms with Gasteiger partial charge in [-0.05, 0) is 80.7 Å². The van der Waals surface area contributed by atoms with E-state index in [1.165, 1.54) is 27.9 Å². The van der Waals surface area contributed by atoms with Gasteiger partial charge < -0.3 is 4.90 Å². The zero-order chi connectivity index (χ0) is 27.4. The molecule has 0 spiro atoms. The van der Waals surface area contributed by atoms with E-state index in [0.29, 0.717) is 16.7 Å². The number of hydrogen-bond donors (Lipinski definition) is 0. The van der Waals surface area contributed by atoms with Gasteiger partial charge in [-0.25, -0.2) is 0 Å². The Morgan fingerprint density at radius 3 is 1.73 bits per heavy atom. The second-order valence-electron chi connectivity index (χ2n) is 10.9. The molecule has 3 nitrogen and oxygen atoms in total. The molecule has 1 aliphatic rings. The molecule has 0 N–H and O–H groups in total. The molecule has 3 heteroatoms. The van der Waals surface area contributed by atoms with Gasteiger partial charge in [0.1, 0.15) is 0 Å². The number of para-hydroxylation sites is 2. The third-order valence-electron chi connectivity index (χ3n) is 8.31. The van der Waals surface area contributed by atoms with Crippen LogP contribution in [0.5, 0.6) is 0 Å². The summed E-state index contributed by atoms with van der Waals surface area (Å²) in [7, 11) is 0. The summed E-state index contributed by atoms with van der Waals surface area (Å²) in [5.41, 5.74) is 8.66. The second kappa shape index (κ2) is 8.84. The average molecular weight is 512 g/mol. The quantitative estimate of drug-likeness (QED) is 0.218. The van der Waals surface area contributed by atoms with E-state index in [1.807, 2.05) is 6.07 Å². The van der Waals surface area contributed by atoms with Gasteiger partial charge in [0.2, 0.25) is 0 Å². The van der Waals surface area contributed by atoms with E-state index in [1.54, 1.807) is 18.2 Å². The van der Waals surface area contributed by atoms with Crippen LogP contribution >= 0.6 is 0 Å². The van der Waals surface area contributed by atoms with Gasteiger partial charge in [-0.3, -0.25) is 0 Å². The lowest BCUT2D eigenvalue weighted by Gasteiger charge is -2.42. The van der Waals surface area contributed by atoms with Crippen molar-refractivity contribution in [3.05, 3.63) is 138 Å². The Morgan fingerprint density at radius 1 is 0.575 bits per heavy atom. The fourth-order valence-electron chi connectivity index (χ4n) is 6.35. The fourth-order valence-corrected chi connectivity index (χ4v) is 6.35. The highest BCUT2D eigenvalue weighted by Gasteiger charge is 2.36. The lowest BCUT2D eigenvalue weighted by Crippen LogP contribution is -2.30. The van der Waals surface area contributed by atoms with Crippen LogP contribution in [0, 0.1) is 22.7 Å². The molecular weight excluding hydrogens is 486 g/mol. The van der Waals surface area contributed by atoms with Crippen molar-refractivity contribution >= 4 is 38.6 Å². The first-order valence-electron chi connectivity index (χ1n) is 13.4. The van der Waals surface area contributed by atoms with Crippen LogP contribution in [0.3, 0.4) is 0 Å². The minimum atomic E-state index is -0.0932. The molecule has 7 rings (SSSR count). The SMILES string of the molecule is CC1(C)c2ccccc2N(c2ccc3c(ccc4cc(-c5c(C#N)cccc5C#N)ccc43)c2)c2ccccc21. The van der Waals surface area contributed by atoms with Gasteiger partial charge in [-0.15, -0.1) is 0 Å². The Hall–Kier alpha value is -5.38. The van der Waals surface area contributed by atoms with Crippen LogP contribution in [-0.4, -0.2) is 0 Å². The highest BCUT2D eigenvalue weighted by molar-refractivity contribution is 6.10. The van der Waals surface area contributed by atoms with Gasteiger partial charge in [-0.1, -0.05) is 86.6 Å². The van der Waals surface area contributed by atoms with Gasteiger partial charge in [0, 0.05) is 16.7 Å². The largest absolute Gasteiger partial charge is 0.310 e. The Kier molecular flexibility index (Phi) is 5.24. The molecule has 40 heavy (non-hydrogen) atoms. The molecule has 0 unspecified atom stereocenters. The molecule has 0 saturated heterocycles. The van der Waals surface area contributed by atoms with Gasteiger partial charge in [0.05, 0.1) is 34.6 Å². The Labute approximate surface area is 233 Å². The van der Waals surface area contributed by atoms with Crippen molar-refractivity contribution in [3.8, 4) is 23.3 Å². The summed E-state index contributed by atoms with van der Waals surface area (Å²) in [6.07, 6.45) is 0. The smallest absolute Gasteiger partial charge is 0.0998 e. The standard InChI is InChI=1S/C37H25N3/c1-37(2)32-10-3-5-12-34(32)40(35-13-6-4-11-33(35)37)29-17-19-31-25(21-29)15-14-24-20-26(16-18-30(24)31)36-27(22-38)8-7-9-28(36)23-39/h3-21H,1-2H3. The normalized spacial score (nSPS) is 13.3. The summed E-state index contributed by atoms with van der Waals surface area (Å²) in [5.74, 6) is 0. The molecule has 0 amide bonds. The van der Waals surface area contributed by atoms with E-state index < -0.39 is 0 Å². The molecule has 188 valence electrons. The van der Waals surface area contributed by atoms with Crippen LogP contribution in [0.4, 0.5) is 17.1 Å². The summed E-state index contributed by atoms with van der Waals surface area (Å²) in [5, 5.41) is 23.9. The topological polar surface area (TPSA) is 50.8 Å². The molecule has 0 aliphatic carbocycles. The molecule has 6 aromatic rings. The first kappa shape index (κ1) is 23.7. The van der Waals surface area contributed by atoms with Crippen molar-refractivity contribution in [2.75, 3.05) is 4.90 Å². The average Bonchev–Trinajstić information content (AvgIpc) is 3.00.